The summed E-state index contributed by atoms with van der Waals surface area (Å²) in [7, 11) is 0. The van der Waals surface area contributed by atoms with Crippen LogP contribution in [0.3, 0.4) is 0 Å². The Kier molecular flexibility index (Phi) is 2.61. The maximum atomic E-state index is 12.4. The Bertz CT molecular complexity index is 715. The van der Waals surface area contributed by atoms with Crippen LogP contribution in [0.15, 0.2) is 36.4 Å². The molecule has 0 saturated heterocycles. The van der Waals surface area contributed by atoms with E-state index >= 15 is 0 Å². The lowest BCUT2D eigenvalue weighted by Crippen LogP contribution is -2.30. The second-order valence-electron chi connectivity index (χ2n) is 4.99. The fraction of sp³-hybridized carbons (Fsp3) is 0.125. The molecule has 2 aromatic carbocycles. The number of hydrogen-bond acceptors (Lipinski definition) is 3. The topological polar surface area (TPSA) is 63.4 Å². The number of carbonyl (C=O) groups is 2. The first kappa shape index (κ1) is 12.4. The minimum atomic E-state index is -0.280. The van der Waals surface area contributed by atoms with Crippen LogP contribution in [-0.4, -0.2) is 11.8 Å². The molecule has 1 aliphatic heterocycles. The molecule has 3 rings (SSSR count). The van der Waals surface area contributed by atoms with E-state index < -0.39 is 0 Å². The molecule has 0 atom stereocenters. The summed E-state index contributed by atoms with van der Waals surface area (Å²) in [6, 6.07) is 10.4. The second-order valence-corrected chi connectivity index (χ2v) is 4.99. The highest BCUT2D eigenvalue weighted by atomic mass is 16.2. The van der Waals surface area contributed by atoms with Gasteiger partial charge in [0.25, 0.3) is 11.8 Å². The highest BCUT2D eigenvalue weighted by Gasteiger charge is 2.36. The first-order valence-electron chi connectivity index (χ1n) is 6.35. The van der Waals surface area contributed by atoms with Gasteiger partial charge in [0, 0.05) is 5.69 Å². The number of benzene rings is 2. The van der Waals surface area contributed by atoms with Gasteiger partial charge in [0.05, 0.1) is 16.8 Å². The van der Waals surface area contributed by atoms with E-state index in [2.05, 4.69) is 0 Å². The van der Waals surface area contributed by atoms with E-state index in [0.717, 1.165) is 11.1 Å². The summed E-state index contributed by atoms with van der Waals surface area (Å²) in [5.74, 6) is -0.559. The highest BCUT2D eigenvalue weighted by Crippen LogP contribution is 2.32. The largest absolute Gasteiger partial charge is 0.399 e. The number of anilines is 2. The molecule has 1 heterocycles. The zero-order valence-electron chi connectivity index (χ0n) is 11.3. The average Bonchev–Trinajstić information content (AvgIpc) is 2.68. The van der Waals surface area contributed by atoms with Crippen molar-refractivity contribution in [1.29, 1.82) is 0 Å². The van der Waals surface area contributed by atoms with Gasteiger partial charge in [0.2, 0.25) is 0 Å². The Morgan fingerprint density at radius 3 is 2.00 bits per heavy atom. The summed E-state index contributed by atoms with van der Waals surface area (Å²) in [6.45, 7) is 3.70. The molecule has 20 heavy (non-hydrogen) atoms. The third-order valence-electron chi connectivity index (χ3n) is 3.62. The predicted octanol–water partition coefficient (Wildman–Crippen LogP) is 2.69. The summed E-state index contributed by atoms with van der Waals surface area (Å²) in [5.41, 5.74) is 9.67. The van der Waals surface area contributed by atoms with E-state index in [1.165, 1.54) is 4.90 Å². The van der Waals surface area contributed by atoms with Gasteiger partial charge in [0.15, 0.2) is 0 Å². The van der Waals surface area contributed by atoms with E-state index in [-0.39, 0.29) is 11.8 Å². The van der Waals surface area contributed by atoms with Crippen molar-refractivity contribution < 1.29 is 9.59 Å². The van der Waals surface area contributed by atoms with Crippen molar-refractivity contribution in [3.63, 3.8) is 0 Å². The molecular formula is C16H14N2O2. The van der Waals surface area contributed by atoms with Crippen molar-refractivity contribution in [3.8, 4) is 0 Å². The summed E-state index contributed by atoms with van der Waals surface area (Å²) in [6.07, 6.45) is 0. The van der Waals surface area contributed by atoms with Crippen molar-refractivity contribution in [2.24, 2.45) is 0 Å². The van der Waals surface area contributed by atoms with Crippen LogP contribution < -0.4 is 10.6 Å². The number of fused-ring (bicyclic) bond motifs is 1. The molecule has 0 unspecified atom stereocenters. The first-order valence-corrected chi connectivity index (χ1v) is 6.35. The van der Waals surface area contributed by atoms with Crippen molar-refractivity contribution in [2.45, 2.75) is 13.8 Å². The van der Waals surface area contributed by atoms with Crippen molar-refractivity contribution >= 4 is 23.2 Å². The van der Waals surface area contributed by atoms with Gasteiger partial charge < -0.3 is 5.73 Å². The van der Waals surface area contributed by atoms with Gasteiger partial charge in [-0.15, -0.1) is 0 Å². The number of imide groups is 1. The lowest BCUT2D eigenvalue weighted by atomic mass is 10.1. The van der Waals surface area contributed by atoms with Gasteiger partial charge in [-0.3, -0.25) is 9.59 Å². The van der Waals surface area contributed by atoms with Crippen LogP contribution in [-0.2, 0) is 0 Å². The third-order valence-corrected chi connectivity index (χ3v) is 3.62. The SMILES string of the molecule is Cc1cc(N2C(=O)c3ccccc3C2=O)c(C)cc1N. The predicted molar refractivity (Wildman–Crippen MR) is 77.9 cm³/mol. The fourth-order valence-electron chi connectivity index (χ4n) is 2.47. The number of aryl methyl sites for hydroxylation is 2. The zero-order valence-corrected chi connectivity index (χ0v) is 11.3. The van der Waals surface area contributed by atoms with Crippen LogP contribution in [0.5, 0.6) is 0 Å². The summed E-state index contributed by atoms with van der Waals surface area (Å²) in [4.78, 5) is 26.1. The Balaban J connectivity index is 2.17. The van der Waals surface area contributed by atoms with Gasteiger partial charge in [-0.1, -0.05) is 12.1 Å². The Hall–Kier alpha value is -2.62. The van der Waals surface area contributed by atoms with Crippen molar-refractivity contribution in [3.05, 3.63) is 58.7 Å². The number of rotatable bonds is 1. The fourth-order valence-corrected chi connectivity index (χ4v) is 2.47. The smallest absolute Gasteiger partial charge is 0.266 e. The lowest BCUT2D eigenvalue weighted by Gasteiger charge is -2.18. The number of nitrogen functional groups attached to an aromatic ring is 1. The van der Waals surface area contributed by atoms with E-state index in [9.17, 15) is 9.59 Å². The maximum Gasteiger partial charge on any atom is 0.266 e. The zero-order chi connectivity index (χ0) is 14.4. The van der Waals surface area contributed by atoms with Crippen LogP contribution in [0, 0.1) is 13.8 Å². The molecule has 4 nitrogen and oxygen atoms in total. The normalized spacial score (nSPS) is 13.8. The molecule has 0 radical (unpaired) electrons. The Morgan fingerprint density at radius 1 is 0.900 bits per heavy atom. The molecule has 0 aliphatic carbocycles. The summed E-state index contributed by atoms with van der Waals surface area (Å²) < 4.78 is 0. The van der Waals surface area contributed by atoms with E-state index in [1.54, 1.807) is 36.4 Å². The minimum absolute atomic E-state index is 0.280. The molecule has 100 valence electrons. The van der Waals surface area contributed by atoms with E-state index in [1.807, 2.05) is 13.8 Å². The first-order chi connectivity index (χ1) is 9.50. The average molecular weight is 266 g/mol. The van der Waals surface area contributed by atoms with Gasteiger partial charge in [-0.2, -0.15) is 0 Å². The quantitative estimate of drug-likeness (QED) is 0.637. The van der Waals surface area contributed by atoms with Gasteiger partial charge in [-0.05, 0) is 49.2 Å². The molecule has 0 fully saturated rings. The standard InChI is InChI=1S/C16H14N2O2/c1-9-8-14(10(2)7-13(9)17)18-15(19)11-5-3-4-6-12(11)16(18)20/h3-8H,17H2,1-2H3. The summed E-state index contributed by atoms with van der Waals surface area (Å²) in [5, 5.41) is 0. The molecule has 2 amide bonds. The number of nitrogens with zero attached hydrogens (tertiary/aromatic N) is 1. The van der Waals surface area contributed by atoms with Crippen LogP contribution in [0.2, 0.25) is 0 Å². The van der Waals surface area contributed by atoms with Crippen LogP contribution in [0.1, 0.15) is 31.8 Å². The molecule has 0 bridgehead atoms. The molecular weight excluding hydrogens is 252 g/mol. The molecule has 0 saturated carbocycles. The molecule has 1 aliphatic rings. The summed E-state index contributed by atoms with van der Waals surface area (Å²) >= 11 is 0. The Labute approximate surface area is 116 Å². The maximum absolute atomic E-state index is 12.4. The number of nitrogens with two attached hydrogens (primary N) is 1. The van der Waals surface area contributed by atoms with E-state index in [4.69, 9.17) is 5.73 Å². The highest BCUT2D eigenvalue weighted by molar-refractivity contribution is 6.34. The molecule has 4 heteroatoms. The van der Waals surface area contributed by atoms with Gasteiger partial charge in [0.1, 0.15) is 0 Å². The van der Waals surface area contributed by atoms with Crippen LogP contribution in [0.25, 0.3) is 0 Å². The van der Waals surface area contributed by atoms with Gasteiger partial charge in [-0.25, -0.2) is 4.90 Å². The number of hydrogen-bond donors (Lipinski definition) is 1. The van der Waals surface area contributed by atoms with Crippen molar-refractivity contribution in [1.82, 2.24) is 0 Å². The van der Waals surface area contributed by atoms with Gasteiger partial charge >= 0.3 is 0 Å². The van der Waals surface area contributed by atoms with Crippen LogP contribution >= 0.6 is 0 Å². The third kappa shape index (κ3) is 1.61. The van der Waals surface area contributed by atoms with E-state index in [0.29, 0.717) is 22.5 Å². The molecule has 0 aromatic heterocycles. The second kappa shape index (κ2) is 4.20. The number of amides is 2. The number of carbonyl (C=O) groups excluding carboxylic acids is 2. The minimum Gasteiger partial charge on any atom is -0.399 e. The Morgan fingerprint density at radius 2 is 1.45 bits per heavy atom. The lowest BCUT2D eigenvalue weighted by molar-refractivity contribution is 0.0926. The van der Waals surface area contributed by atoms with Crippen molar-refractivity contribution in [2.75, 3.05) is 10.6 Å². The molecule has 2 N–H and O–H groups in total. The molecule has 0 spiro atoms. The monoisotopic (exact) mass is 266 g/mol. The van der Waals surface area contributed by atoms with Crippen LogP contribution in [0.4, 0.5) is 11.4 Å². The molecule has 2 aromatic rings.